The Morgan fingerprint density at radius 1 is 1.22 bits per heavy atom. The molecule has 0 unspecified atom stereocenters. The molecule has 9 heavy (non-hydrogen) atoms. The third-order valence-corrected chi connectivity index (χ3v) is 5.41. The van der Waals surface area contributed by atoms with Gasteiger partial charge >= 0.3 is 0 Å². The second-order valence-electron chi connectivity index (χ2n) is 2.16. The molecule has 0 saturated heterocycles. The molecular weight excluding hydrogens is 136 g/mol. The van der Waals surface area contributed by atoms with E-state index in [1.807, 2.05) is 0 Å². The molecule has 0 aliphatic heterocycles. The molecule has 58 valence electrons. The predicted octanol–water partition coefficient (Wildman–Crippen LogP) is 2.13. The number of hydrogen-bond donors (Lipinski definition) is 2. The van der Waals surface area contributed by atoms with Crippen LogP contribution in [0.15, 0.2) is 0 Å². The minimum Gasteiger partial charge on any atom is -0.311 e. The highest BCUT2D eigenvalue weighted by molar-refractivity contribution is 8.38. The van der Waals surface area contributed by atoms with E-state index in [0.717, 1.165) is 0 Å². The van der Waals surface area contributed by atoms with E-state index in [2.05, 4.69) is 0 Å². The van der Waals surface area contributed by atoms with Gasteiger partial charge in [0.1, 0.15) is 0 Å². The van der Waals surface area contributed by atoms with Gasteiger partial charge in [0.25, 0.3) is 0 Å². The van der Waals surface area contributed by atoms with Gasteiger partial charge in [0.15, 0.2) is 0 Å². The first kappa shape index (κ1) is 9.14. The van der Waals surface area contributed by atoms with Gasteiger partial charge in [-0.1, -0.05) is 0 Å². The van der Waals surface area contributed by atoms with Gasteiger partial charge in [-0.3, -0.25) is 0 Å². The predicted molar refractivity (Wildman–Crippen MR) is 45.7 cm³/mol. The summed E-state index contributed by atoms with van der Waals surface area (Å²) in [4.78, 5) is 0. The third-order valence-electron chi connectivity index (χ3n) is 1.80. The van der Waals surface area contributed by atoms with Crippen molar-refractivity contribution in [3.63, 3.8) is 0 Å². The fourth-order valence-corrected chi connectivity index (χ4v) is 1.61. The smallest absolute Gasteiger partial charge is 0.0220 e. The minimum atomic E-state index is -3.02. The summed E-state index contributed by atoms with van der Waals surface area (Å²) in [6.45, 7) is 5.30. The Morgan fingerprint density at radius 3 is 1.56 bits per heavy atom. The second kappa shape index (κ2) is 2.40. The standard InChI is InChI=1S/C6H16O2S/c1-4-9(7,8,5-2)6-3/h4,7-8H,5-6H2,1-3H3. The highest BCUT2D eigenvalue weighted by Gasteiger charge is 2.12. The van der Waals surface area contributed by atoms with Crippen LogP contribution < -0.4 is 0 Å². The first-order chi connectivity index (χ1) is 3.96. The van der Waals surface area contributed by atoms with Gasteiger partial charge in [-0.15, -0.1) is 0 Å². The fourth-order valence-electron chi connectivity index (χ4n) is 0.537. The summed E-state index contributed by atoms with van der Waals surface area (Å²) in [5.74, 6) is 0.897. The van der Waals surface area contributed by atoms with Gasteiger partial charge in [-0.25, -0.2) is 9.31 Å². The van der Waals surface area contributed by atoms with Crippen LogP contribution in [0.4, 0.5) is 0 Å². The van der Waals surface area contributed by atoms with Crippen molar-refractivity contribution in [3.8, 4) is 0 Å². The average Bonchev–Trinajstić information content (AvgIpc) is 1.90. The normalized spacial score (nSPS) is 16.3. The summed E-state index contributed by atoms with van der Waals surface area (Å²) in [6.07, 6.45) is 0. The van der Waals surface area contributed by atoms with Crippen molar-refractivity contribution in [2.45, 2.75) is 20.8 Å². The molecule has 0 aliphatic carbocycles. The molecule has 3 heteroatoms. The largest absolute Gasteiger partial charge is 0.311 e. The molecule has 0 heterocycles. The molecule has 0 aromatic carbocycles. The van der Waals surface area contributed by atoms with Crippen LogP contribution in [-0.4, -0.2) is 26.0 Å². The van der Waals surface area contributed by atoms with E-state index in [-0.39, 0.29) is 0 Å². The van der Waals surface area contributed by atoms with Crippen LogP contribution >= 0.6 is 9.31 Å². The Labute approximate surface area is 56.8 Å². The third kappa shape index (κ3) is 2.08. The van der Waals surface area contributed by atoms with Gasteiger partial charge in [0, 0.05) is 11.5 Å². The topological polar surface area (TPSA) is 40.5 Å². The quantitative estimate of drug-likeness (QED) is 0.595. The van der Waals surface area contributed by atoms with E-state index in [9.17, 15) is 9.11 Å². The van der Waals surface area contributed by atoms with Crippen LogP contribution in [0, 0.1) is 0 Å². The molecule has 2 nitrogen and oxygen atoms in total. The molecule has 0 amide bonds. The van der Waals surface area contributed by atoms with Crippen LogP contribution in [0.5, 0.6) is 0 Å². The van der Waals surface area contributed by atoms with Crippen molar-refractivity contribution < 1.29 is 9.11 Å². The second-order valence-corrected chi connectivity index (χ2v) is 6.48. The van der Waals surface area contributed by atoms with Crippen LogP contribution in [0.1, 0.15) is 20.8 Å². The van der Waals surface area contributed by atoms with Gasteiger partial charge in [0.2, 0.25) is 0 Å². The van der Waals surface area contributed by atoms with E-state index in [1.165, 1.54) is 5.37 Å². The zero-order valence-electron chi connectivity index (χ0n) is 6.29. The summed E-state index contributed by atoms with van der Waals surface area (Å²) < 4.78 is 19.0. The number of hydrogen-bond acceptors (Lipinski definition) is 2. The minimum absolute atomic E-state index is 0.449. The Morgan fingerprint density at radius 2 is 1.56 bits per heavy atom. The monoisotopic (exact) mass is 152 g/mol. The lowest BCUT2D eigenvalue weighted by molar-refractivity contribution is 0.484. The summed E-state index contributed by atoms with van der Waals surface area (Å²) in [7, 11) is -3.02. The Hall–Kier alpha value is 0.140. The Kier molecular flexibility index (Phi) is 2.44. The molecular formula is C6H16O2S. The van der Waals surface area contributed by atoms with Crippen LogP contribution in [-0.2, 0) is 0 Å². The molecule has 0 atom stereocenters. The lowest BCUT2D eigenvalue weighted by Gasteiger charge is -2.43. The van der Waals surface area contributed by atoms with Crippen molar-refractivity contribution in [3.05, 3.63) is 0 Å². The van der Waals surface area contributed by atoms with Crippen molar-refractivity contribution in [1.82, 2.24) is 0 Å². The molecule has 2 N–H and O–H groups in total. The summed E-state index contributed by atoms with van der Waals surface area (Å²) in [5, 5.41) is 1.54. The van der Waals surface area contributed by atoms with Gasteiger partial charge in [-0.2, -0.15) is 0 Å². The summed E-state index contributed by atoms with van der Waals surface area (Å²) >= 11 is 0. The zero-order valence-corrected chi connectivity index (χ0v) is 7.11. The maximum absolute atomic E-state index is 9.51. The van der Waals surface area contributed by atoms with E-state index in [4.69, 9.17) is 0 Å². The summed E-state index contributed by atoms with van der Waals surface area (Å²) in [6, 6.07) is 0. The maximum Gasteiger partial charge on any atom is 0.0220 e. The van der Waals surface area contributed by atoms with E-state index in [0.29, 0.717) is 11.5 Å². The van der Waals surface area contributed by atoms with Crippen LogP contribution in [0.25, 0.3) is 0 Å². The highest BCUT2D eigenvalue weighted by Crippen LogP contribution is 2.48. The molecule has 0 fully saturated rings. The Bertz CT molecular complexity index is 144. The molecule has 0 aliphatic rings. The maximum atomic E-state index is 9.51. The molecule has 0 spiro atoms. The lowest BCUT2D eigenvalue weighted by atomic mass is 10.9. The van der Waals surface area contributed by atoms with Gasteiger partial charge in [-0.05, 0) is 26.1 Å². The van der Waals surface area contributed by atoms with Gasteiger partial charge in [0.05, 0.1) is 0 Å². The van der Waals surface area contributed by atoms with Crippen molar-refractivity contribution >= 4 is 14.7 Å². The molecule has 0 bridgehead atoms. The van der Waals surface area contributed by atoms with E-state index >= 15 is 0 Å². The first-order valence-corrected chi connectivity index (χ1v) is 5.53. The Balaban J connectivity index is 4.64. The molecule has 0 aromatic heterocycles. The molecule has 0 saturated carbocycles. The van der Waals surface area contributed by atoms with Crippen LogP contribution in [0.3, 0.4) is 0 Å². The van der Waals surface area contributed by atoms with E-state index in [1.54, 1.807) is 20.8 Å². The highest BCUT2D eigenvalue weighted by atomic mass is 32.3. The summed E-state index contributed by atoms with van der Waals surface area (Å²) in [5.41, 5.74) is 0. The average molecular weight is 152 g/mol. The number of rotatable bonds is 2. The molecule has 0 aromatic rings. The SMILES string of the molecule is CC=S(O)(O)(CC)CC. The molecule has 0 rings (SSSR count). The lowest BCUT2D eigenvalue weighted by Crippen LogP contribution is -2.13. The van der Waals surface area contributed by atoms with Crippen LogP contribution in [0.2, 0.25) is 0 Å². The van der Waals surface area contributed by atoms with E-state index < -0.39 is 9.31 Å². The zero-order chi connectivity index (χ0) is 7.57. The van der Waals surface area contributed by atoms with Crippen molar-refractivity contribution in [2.24, 2.45) is 0 Å². The van der Waals surface area contributed by atoms with Crippen molar-refractivity contribution in [1.29, 1.82) is 0 Å². The first-order valence-electron chi connectivity index (χ1n) is 3.17. The molecule has 0 radical (unpaired) electrons. The van der Waals surface area contributed by atoms with Gasteiger partial charge < -0.3 is 9.11 Å². The van der Waals surface area contributed by atoms with Crippen molar-refractivity contribution in [2.75, 3.05) is 11.5 Å². The fraction of sp³-hybridized carbons (Fsp3) is 0.833.